The molecule has 0 saturated carbocycles. The predicted molar refractivity (Wildman–Crippen MR) is 79.0 cm³/mol. The van der Waals surface area contributed by atoms with E-state index in [-0.39, 0.29) is 5.41 Å². The van der Waals surface area contributed by atoms with Crippen LogP contribution in [-0.4, -0.2) is 12.0 Å². The third kappa shape index (κ3) is 3.47. The van der Waals surface area contributed by atoms with Crippen LogP contribution in [0.1, 0.15) is 26.3 Å². The summed E-state index contributed by atoms with van der Waals surface area (Å²) in [7, 11) is 1.86. The van der Waals surface area contributed by atoms with E-state index in [2.05, 4.69) is 43.2 Å². The van der Waals surface area contributed by atoms with E-state index in [0.29, 0.717) is 5.88 Å². The molecular weight excluding hydrogens is 236 g/mol. The van der Waals surface area contributed by atoms with Crippen molar-refractivity contribution >= 4 is 5.69 Å². The molecule has 0 amide bonds. The molecule has 2 rings (SSSR count). The van der Waals surface area contributed by atoms with Gasteiger partial charge in [-0.15, -0.1) is 0 Å². The summed E-state index contributed by atoms with van der Waals surface area (Å²) in [6.45, 7) is 6.59. The lowest BCUT2D eigenvalue weighted by atomic mass is 9.87. The number of nitrogens with one attached hydrogen (secondary N) is 1. The Morgan fingerprint density at radius 2 is 1.68 bits per heavy atom. The van der Waals surface area contributed by atoms with Gasteiger partial charge in [-0.3, -0.25) is 0 Å². The van der Waals surface area contributed by atoms with Crippen LogP contribution in [0.15, 0.2) is 42.6 Å². The normalized spacial score (nSPS) is 11.2. The van der Waals surface area contributed by atoms with Gasteiger partial charge < -0.3 is 10.1 Å². The van der Waals surface area contributed by atoms with Crippen molar-refractivity contribution in [3.63, 3.8) is 0 Å². The number of pyridine rings is 1. The Kier molecular flexibility index (Phi) is 3.74. The summed E-state index contributed by atoms with van der Waals surface area (Å²) in [5.74, 6) is 1.40. The first-order valence-electron chi connectivity index (χ1n) is 6.41. The molecule has 19 heavy (non-hydrogen) atoms. The Morgan fingerprint density at radius 1 is 1.00 bits per heavy atom. The molecule has 3 nitrogen and oxygen atoms in total. The Bertz CT molecular complexity index is 524. The monoisotopic (exact) mass is 256 g/mol. The van der Waals surface area contributed by atoms with Crippen LogP contribution in [0.3, 0.4) is 0 Å². The molecule has 0 atom stereocenters. The van der Waals surface area contributed by atoms with Crippen LogP contribution in [0.5, 0.6) is 11.6 Å². The van der Waals surface area contributed by atoms with E-state index in [0.717, 1.165) is 11.4 Å². The zero-order valence-electron chi connectivity index (χ0n) is 11.9. The average Bonchev–Trinajstić information content (AvgIpc) is 2.39. The first-order valence-corrected chi connectivity index (χ1v) is 6.41. The van der Waals surface area contributed by atoms with E-state index in [4.69, 9.17) is 4.74 Å². The van der Waals surface area contributed by atoms with Crippen LogP contribution in [0.2, 0.25) is 0 Å². The molecule has 0 fully saturated rings. The quantitative estimate of drug-likeness (QED) is 0.893. The number of ether oxygens (including phenoxy) is 1. The number of rotatable bonds is 3. The van der Waals surface area contributed by atoms with Gasteiger partial charge in [0.25, 0.3) is 0 Å². The molecule has 0 spiro atoms. The van der Waals surface area contributed by atoms with E-state index in [1.54, 1.807) is 6.20 Å². The molecule has 1 N–H and O–H groups in total. The summed E-state index contributed by atoms with van der Waals surface area (Å²) >= 11 is 0. The van der Waals surface area contributed by atoms with Crippen molar-refractivity contribution in [2.75, 3.05) is 12.4 Å². The number of hydrogen-bond donors (Lipinski definition) is 1. The Hall–Kier alpha value is -2.03. The second-order valence-electron chi connectivity index (χ2n) is 5.51. The van der Waals surface area contributed by atoms with Crippen LogP contribution in [-0.2, 0) is 5.41 Å². The lowest BCUT2D eigenvalue weighted by molar-refractivity contribution is 0.462. The number of anilines is 1. The van der Waals surface area contributed by atoms with Crippen molar-refractivity contribution in [2.45, 2.75) is 26.2 Å². The van der Waals surface area contributed by atoms with Gasteiger partial charge in [-0.25, -0.2) is 4.98 Å². The largest absolute Gasteiger partial charge is 0.439 e. The van der Waals surface area contributed by atoms with Crippen LogP contribution in [0.4, 0.5) is 5.69 Å². The summed E-state index contributed by atoms with van der Waals surface area (Å²) in [4.78, 5) is 4.23. The van der Waals surface area contributed by atoms with E-state index in [1.165, 1.54) is 5.56 Å². The van der Waals surface area contributed by atoms with Crippen molar-refractivity contribution in [3.8, 4) is 11.6 Å². The highest BCUT2D eigenvalue weighted by Gasteiger charge is 2.13. The summed E-state index contributed by atoms with van der Waals surface area (Å²) < 4.78 is 5.71. The topological polar surface area (TPSA) is 34.1 Å². The molecule has 2 aromatic rings. The molecular formula is C16H20N2O. The van der Waals surface area contributed by atoms with Crippen LogP contribution < -0.4 is 10.1 Å². The first-order chi connectivity index (χ1) is 8.99. The van der Waals surface area contributed by atoms with Crippen LogP contribution >= 0.6 is 0 Å². The van der Waals surface area contributed by atoms with Gasteiger partial charge in [-0.1, -0.05) is 32.9 Å². The fourth-order valence-corrected chi connectivity index (χ4v) is 1.73. The lowest BCUT2D eigenvalue weighted by Gasteiger charge is -2.19. The zero-order chi connectivity index (χ0) is 13.9. The van der Waals surface area contributed by atoms with Crippen molar-refractivity contribution in [1.29, 1.82) is 0 Å². The fourth-order valence-electron chi connectivity index (χ4n) is 1.73. The highest BCUT2D eigenvalue weighted by Crippen LogP contribution is 2.26. The summed E-state index contributed by atoms with van der Waals surface area (Å²) in [6.07, 6.45) is 1.75. The van der Waals surface area contributed by atoms with Gasteiger partial charge in [0, 0.05) is 13.1 Å². The summed E-state index contributed by atoms with van der Waals surface area (Å²) in [5.41, 5.74) is 2.42. The second-order valence-corrected chi connectivity index (χ2v) is 5.51. The van der Waals surface area contributed by atoms with Crippen molar-refractivity contribution in [1.82, 2.24) is 4.98 Å². The first kappa shape index (κ1) is 13.4. The van der Waals surface area contributed by atoms with E-state index < -0.39 is 0 Å². The van der Waals surface area contributed by atoms with E-state index >= 15 is 0 Å². The van der Waals surface area contributed by atoms with E-state index in [9.17, 15) is 0 Å². The average molecular weight is 256 g/mol. The predicted octanol–water partition coefficient (Wildman–Crippen LogP) is 4.21. The molecule has 3 heteroatoms. The van der Waals surface area contributed by atoms with Gasteiger partial charge in [0.15, 0.2) is 0 Å². The van der Waals surface area contributed by atoms with Crippen molar-refractivity contribution in [3.05, 3.63) is 48.2 Å². The van der Waals surface area contributed by atoms with Gasteiger partial charge in [-0.2, -0.15) is 0 Å². The maximum Gasteiger partial charge on any atom is 0.219 e. The molecule has 1 aromatic heterocycles. The van der Waals surface area contributed by atoms with Crippen molar-refractivity contribution < 1.29 is 4.74 Å². The molecule has 1 heterocycles. The number of aromatic nitrogens is 1. The van der Waals surface area contributed by atoms with Gasteiger partial charge in [-0.05, 0) is 29.2 Å². The Labute approximate surface area is 114 Å². The number of nitrogens with zero attached hydrogens (tertiary/aromatic N) is 1. The summed E-state index contributed by atoms with van der Waals surface area (Å²) in [6, 6.07) is 11.9. The maximum atomic E-state index is 5.71. The van der Waals surface area contributed by atoms with Gasteiger partial charge in [0.05, 0.1) is 11.9 Å². The molecule has 0 bridgehead atoms. The SMILES string of the molecule is CNc1ccc(Oc2ccc(C(C)(C)C)cc2)nc1. The van der Waals surface area contributed by atoms with Crippen LogP contribution in [0, 0.1) is 0 Å². The Morgan fingerprint density at radius 3 is 2.16 bits per heavy atom. The minimum absolute atomic E-state index is 0.158. The molecule has 0 aliphatic carbocycles. The van der Waals surface area contributed by atoms with E-state index in [1.807, 2.05) is 31.3 Å². The standard InChI is InChI=1S/C16H20N2O/c1-16(2,3)12-5-8-14(9-6-12)19-15-10-7-13(17-4)11-18-15/h5-11,17H,1-4H3. The van der Waals surface area contributed by atoms with Crippen molar-refractivity contribution in [2.24, 2.45) is 0 Å². The molecule has 1 aromatic carbocycles. The highest BCUT2D eigenvalue weighted by atomic mass is 16.5. The van der Waals surface area contributed by atoms with Crippen LogP contribution in [0.25, 0.3) is 0 Å². The second kappa shape index (κ2) is 5.31. The molecule has 100 valence electrons. The minimum Gasteiger partial charge on any atom is -0.439 e. The molecule has 0 unspecified atom stereocenters. The molecule has 0 radical (unpaired) electrons. The van der Waals surface area contributed by atoms with Gasteiger partial charge in [0.1, 0.15) is 5.75 Å². The third-order valence-electron chi connectivity index (χ3n) is 2.97. The Balaban J connectivity index is 2.10. The fraction of sp³-hybridized carbons (Fsp3) is 0.312. The number of benzene rings is 1. The molecule has 0 aliphatic rings. The smallest absolute Gasteiger partial charge is 0.219 e. The summed E-state index contributed by atoms with van der Waals surface area (Å²) in [5, 5.41) is 3.02. The maximum absolute atomic E-state index is 5.71. The minimum atomic E-state index is 0.158. The number of hydrogen-bond acceptors (Lipinski definition) is 3. The van der Waals surface area contributed by atoms with Gasteiger partial charge in [0.2, 0.25) is 5.88 Å². The van der Waals surface area contributed by atoms with Gasteiger partial charge >= 0.3 is 0 Å². The highest BCUT2D eigenvalue weighted by molar-refractivity contribution is 5.42. The molecule has 0 aliphatic heterocycles. The molecule has 0 saturated heterocycles. The third-order valence-corrected chi connectivity index (χ3v) is 2.97. The lowest BCUT2D eigenvalue weighted by Crippen LogP contribution is -2.10. The zero-order valence-corrected chi connectivity index (χ0v) is 11.9.